The van der Waals surface area contributed by atoms with Crippen molar-refractivity contribution < 1.29 is 37.6 Å². The molecule has 2 aromatic heterocycles. The number of hydrogen-bond acceptors (Lipinski definition) is 11. The number of ether oxygens (including phenoxy) is 2. The van der Waals surface area contributed by atoms with Crippen LogP contribution in [-0.2, 0) is 30.3 Å². The number of nitrogens with one attached hydrogen (secondary N) is 1. The molecule has 0 bridgehead atoms. The average Bonchev–Trinajstić information content (AvgIpc) is 3.58. The van der Waals surface area contributed by atoms with Crippen LogP contribution >= 0.6 is 11.3 Å². The number of hydrogen-bond donors (Lipinski definition) is 1. The maximum Gasteiger partial charge on any atom is 0.274 e. The zero-order valence-corrected chi connectivity index (χ0v) is 23.1. The Labute approximate surface area is 236 Å². The molecule has 3 aromatic rings. The van der Waals surface area contributed by atoms with E-state index >= 15 is 4.39 Å². The first-order valence-corrected chi connectivity index (χ1v) is 14.3. The third-order valence-corrected chi connectivity index (χ3v) is 9.29. The van der Waals surface area contributed by atoms with E-state index < -0.39 is 47.4 Å². The quantitative estimate of drug-likeness (QED) is 0.350. The molecule has 6 heterocycles. The lowest BCUT2D eigenvalue weighted by Gasteiger charge is -2.55. The minimum atomic E-state index is -1.65. The first-order chi connectivity index (χ1) is 19.7. The van der Waals surface area contributed by atoms with E-state index in [9.17, 15) is 19.2 Å². The molecule has 0 radical (unpaired) electrons. The number of imide groups is 1. The SMILES string of the molecule is C[C@@H]1CN2c3c(cc4c(-c5scnc5C(=O)N5CCOCC5)noc4c3F)CC3(C(=O)CC(=O)NC3=O)[C@H]2[C@H](C)O1. The highest BCUT2D eigenvalue weighted by molar-refractivity contribution is 7.13. The van der Waals surface area contributed by atoms with Crippen molar-refractivity contribution in [2.45, 2.75) is 44.9 Å². The number of thiazole rings is 1. The number of carbonyl (C=O) groups excluding carboxylic acids is 4. The summed E-state index contributed by atoms with van der Waals surface area (Å²) >= 11 is 1.18. The first-order valence-electron chi connectivity index (χ1n) is 13.4. The predicted molar refractivity (Wildman–Crippen MR) is 142 cm³/mol. The van der Waals surface area contributed by atoms with Crippen molar-refractivity contribution in [1.82, 2.24) is 20.4 Å². The summed E-state index contributed by atoms with van der Waals surface area (Å²) in [6, 6.07) is 0.836. The van der Waals surface area contributed by atoms with Gasteiger partial charge < -0.3 is 23.8 Å². The molecule has 4 aliphatic heterocycles. The van der Waals surface area contributed by atoms with Crippen molar-refractivity contribution in [3.05, 3.63) is 28.7 Å². The second-order valence-corrected chi connectivity index (χ2v) is 11.8. The number of fused-ring (bicyclic) bond motifs is 5. The Morgan fingerprint density at radius 3 is 2.76 bits per heavy atom. The fourth-order valence-electron chi connectivity index (χ4n) is 6.79. The first kappa shape index (κ1) is 26.2. The van der Waals surface area contributed by atoms with Crippen LogP contribution in [0.3, 0.4) is 0 Å². The summed E-state index contributed by atoms with van der Waals surface area (Å²) in [7, 11) is 0. The molecule has 12 nitrogen and oxygen atoms in total. The number of carbonyl (C=O) groups is 4. The van der Waals surface area contributed by atoms with Gasteiger partial charge in [0.2, 0.25) is 17.4 Å². The number of nitrogens with zero attached hydrogens (tertiary/aromatic N) is 4. The molecule has 3 fully saturated rings. The molecule has 4 aliphatic rings. The predicted octanol–water partition coefficient (Wildman–Crippen LogP) is 1.70. The normalized spacial score (nSPS) is 28.2. The van der Waals surface area contributed by atoms with Gasteiger partial charge >= 0.3 is 0 Å². The van der Waals surface area contributed by atoms with Gasteiger partial charge in [0.15, 0.2) is 11.6 Å². The number of halogens is 1. The van der Waals surface area contributed by atoms with Gasteiger partial charge in [0.1, 0.15) is 16.8 Å². The van der Waals surface area contributed by atoms with Crippen LogP contribution in [0, 0.1) is 11.2 Å². The van der Waals surface area contributed by atoms with Crippen LogP contribution in [0.15, 0.2) is 16.1 Å². The number of anilines is 1. The zero-order chi connectivity index (χ0) is 28.6. The molecular weight excluding hydrogens is 557 g/mol. The van der Waals surface area contributed by atoms with Gasteiger partial charge in [-0.2, -0.15) is 0 Å². The number of amides is 3. The largest absolute Gasteiger partial charge is 0.378 e. The molecule has 1 unspecified atom stereocenters. The van der Waals surface area contributed by atoms with Gasteiger partial charge in [0.05, 0.1) is 59.3 Å². The van der Waals surface area contributed by atoms with E-state index in [1.165, 1.54) is 16.8 Å². The molecule has 3 amide bonds. The molecule has 3 saturated heterocycles. The number of aromatic nitrogens is 2. The lowest BCUT2D eigenvalue weighted by atomic mass is 9.63. The summed E-state index contributed by atoms with van der Waals surface area (Å²) in [4.78, 5) is 60.5. The average molecular weight is 584 g/mol. The molecule has 1 spiro atoms. The molecule has 14 heteroatoms. The Balaban J connectivity index is 1.39. The second-order valence-electron chi connectivity index (χ2n) is 10.9. The van der Waals surface area contributed by atoms with E-state index in [0.29, 0.717) is 42.1 Å². The maximum atomic E-state index is 16.4. The van der Waals surface area contributed by atoms with Crippen LogP contribution in [0.4, 0.5) is 10.1 Å². The van der Waals surface area contributed by atoms with Crippen molar-refractivity contribution in [3.8, 4) is 10.6 Å². The van der Waals surface area contributed by atoms with E-state index in [1.807, 2.05) is 6.92 Å². The van der Waals surface area contributed by atoms with Crippen LogP contribution in [0.1, 0.15) is 36.3 Å². The monoisotopic (exact) mass is 583 g/mol. The Morgan fingerprint density at radius 1 is 1.22 bits per heavy atom. The molecular formula is C27H26FN5O7S. The van der Waals surface area contributed by atoms with Gasteiger partial charge in [-0.05, 0) is 31.9 Å². The van der Waals surface area contributed by atoms with Crippen LogP contribution in [0.2, 0.25) is 0 Å². The third kappa shape index (κ3) is 3.77. The number of piperidine rings is 1. The highest BCUT2D eigenvalue weighted by atomic mass is 32.1. The van der Waals surface area contributed by atoms with Gasteiger partial charge in [0, 0.05) is 19.6 Å². The van der Waals surface area contributed by atoms with Gasteiger partial charge in [-0.15, -0.1) is 11.3 Å². The summed E-state index contributed by atoms with van der Waals surface area (Å²) < 4.78 is 33.3. The Morgan fingerprint density at radius 2 is 2.00 bits per heavy atom. The Hall–Kier alpha value is -3.75. The second kappa shape index (κ2) is 9.39. The summed E-state index contributed by atoms with van der Waals surface area (Å²) in [5.41, 5.74) is 0.807. The van der Waals surface area contributed by atoms with Gasteiger partial charge in [-0.25, -0.2) is 9.37 Å². The number of rotatable bonds is 2. The number of benzene rings is 1. The standard InChI is InChI=1S/C27H26FN5O7S/c1-12-10-33-21-14(9-27(24(33)13(2)39-12)16(34)8-17(35)30-26(27)37)7-15-19(31-40-22(15)18(21)28)23-20(29-11-41-23)25(36)32-3-5-38-6-4-32/h7,11-13,24H,3-6,8-10H2,1-2H3,(H,30,35,37)/t12-,13+,24-,27?/m1/s1. The van der Waals surface area contributed by atoms with Crippen molar-refractivity contribution >= 4 is 51.5 Å². The Kier molecular flexibility index (Phi) is 5.99. The molecule has 0 aliphatic carbocycles. The molecule has 41 heavy (non-hydrogen) atoms. The van der Waals surface area contributed by atoms with Crippen molar-refractivity contribution in [3.63, 3.8) is 0 Å². The van der Waals surface area contributed by atoms with Crippen LogP contribution in [0.5, 0.6) is 0 Å². The molecule has 214 valence electrons. The van der Waals surface area contributed by atoms with Crippen LogP contribution in [-0.4, -0.2) is 89.6 Å². The maximum absolute atomic E-state index is 16.4. The number of Topliss-reactive ketones (excluding diaryl/α,β-unsaturated/α-hetero) is 1. The molecule has 0 saturated carbocycles. The topological polar surface area (TPSA) is 144 Å². The summed E-state index contributed by atoms with van der Waals surface area (Å²) in [6.45, 7) is 5.50. The van der Waals surface area contributed by atoms with Gasteiger partial charge in [0.25, 0.3) is 5.91 Å². The molecule has 4 atom stereocenters. The Bertz CT molecular complexity index is 1610. The van der Waals surface area contributed by atoms with Gasteiger partial charge in [-0.1, -0.05) is 5.16 Å². The fourth-order valence-corrected chi connectivity index (χ4v) is 7.57. The number of ketones is 1. The molecule has 1 aromatic carbocycles. The lowest BCUT2D eigenvalue weighted by Crippen LogP contribution is -2.72. The fraction of sp³-hybridized carbons (Fsp3) is 0.481. The van der Waals surface area contributed by atoms with E-state index in [4.69, 9.17) is 14.0 Å². The lowest BCUT2D eigenvalue weighted by molar-refractivity contribution is -0.158. The van der Waals surface area contributed by atoms with Crippen molar-refractivity contribution in [2.75, 3.05) is 37.7 Å². The smallest absolute Gasteiger partial charge is 0.274 e. The summed E-state index contributed by atoms with van der Waals surface area (Å²) in [5, 5.41) is 6.79. The molecule has 1 N–H and O–H groups in total. The minimum Gasteiger partial charge on any atom is -0.378 e. The highest BCUT2D eigenvalue weighted by Gasteiger charge is 2.62. The van der Waals surface area contributed by atoms with E-state index in [-0.39, 0.29) is 47.6 Å². The van der Waals surface area contributed by atoms with E-state index in [1.54, 1.807) is 22.8 Å². The zero-order valence-electron chi connectivity index (χ0n) is 22.3. The van der Waals surface area contributed by atoms with Crippen molar-refractivity contribution in [2.24, 2.45) is 5.41 Å². The van der Waals surface area contributed by atoms with Crippen LogP contribution in [0.25, 0.3) is 21.5 Å². The van der Waals surface area contributed by atoms with Crippen LogP contribution < -0.4 is 10.2 Å². The number of morpholine rings is 2. The highest BCUT2D eigenvalue weighted by Crippen LogP contribution is 2.50. The van der Waals surface area contributed by atoms with E-state index in [0.717, 1.165) is 0 Å². The van der Waals surface area contributed by atoms with Gasteiger partial charge in [-0.3, -0.25) is 24.5 Å². The van der Waals surface area contributed by atoms with Crippen molar-refractivity contribution in [1.29, 1.82) is 0 Å². The summed E-state index contributed by atoms with van der Waals surface area (Å²) in [5.74, 6) is -2.86. The molecule has 7 rings (SSSR count). The summed E-state index contributed by atoms with van der Waals surface area (Å²) in [6.07, 6.45) is -1.52. The minimum absolute atomic E-state index is 0.104. The third-order valence-electron chi connectivity index (χ3n) is 8.46. The van der Waals surface area contributed by atoms with E-state index in [2.05, 4.69) is 15.5 Å².